The van der Waals surface area contributed by atoms with Crippen molar-refractivity contribution in [1.82, 2.24) is 4.90 Å². The number of carbonyl (C=O) groups is 2. The summed E-state index contributed by atoms with van der Waals surface area (Å²) in [5, 5.41) is 0. The molecule has 0 spiro atoms. The minimum absolute atomic E-state index is 0.104. The highest BCUT2D eigenvalue weighted by Gasteiger charge is 2.13. The maximum atomic E-state index is 11.8. The number of nitrogen functional groups attached to an aromatic ring is 1. The lowest BCUT2D eigenvalue weighted by Crippen LogP contribution is -2.35. The molecule has 1 aromatic rings. The first-order valence-electron chi connectivity index (χ1n) is 4.81. The van der Waals surface area contributed by atoms with E-state index in [9.17, 15) is 9.59 Å². The molecule has 1 rings (SSSR count). The molecule has 0 saturated carbocycles. The Morgan fingerprint density at radius 1 is 1.31 bits per heavy atom. The van der Waals surface area contributed by atoms with Gasteiger partial charge in [0.25, 0.3) is 5.91 Å². The van der Waals surface area contributed by atoms with Gasteiger partial charge in [-0.05, 0) is 30.7 Å². The van der Waals surface area contributed by atoms with E-state index in [0.717, 1.165) is 5.56 Å². The highest BCUT2D eigenvalue weighted by molar-refractivity contribution is 5.97. The summed E-state index contributed by atoms with van der Waals surface area (Å²) in [4.78, 5) is 23.8. The van der Waals surface area contributed by atoms with Gasteiger partial charge in [0.1, 0.15) is 0 Å². The lowest BCUT2D eigenvalue weighted by molar-refractivity contribution is -0.118. The average Bonchev–Trinajstić information content (AvgIpc) is 2.13. The number of benzene rings is 1. The van der Waals surface area contributed by atoms with Crippen LogP contribution in [0.1, 0.15) is 15.9 Å². The molecule has 5 heteroatoms. The van der Waals surface area contributed by atoms with Crippen molar-refractivity contribution in [3.8, 4) is 0 Å². The summed E-state index contributed by atoms with van der Waals surface area (Å²) >= 11 is 0. The Balaban J connectivity index is 2.91. The third-order valence-electron chi connectivity index (χ3n) is 2.09. The second-order valence-electron chi connectivity index (χ2n) is 3.76. The van der Waals surface area contributed by atoms with Gasteiger partial charge in [-0.25, -0.2) is 0 Å². The monoisotopic (exact) mass is 221 g/mol. The molecule has 0 unspecified atom stereocenters. The van der Waals surface area contributed by atoms with Gasteiger partial charge in [0.05, 0.1) is 6.54 Å². The Bertz CT molecular complexity index is 409. The number of likely N-dealkylation sites (N-methyl/N-ethyl adjacent to an activating group) is 1. The van der Waals surface area contributed by atoms with Crippen LogP contribution in [0.15, 0.2) is 18.2 Å². The van der Waals surface area contributed by atoms with E-state index in [4.69, 9.17) is 11.5 Å². The van der Waals surface area contributed by atoms with Crippen LogP contribution in [0.3, 0.4) is 0 Å². The zero-order chi connectivity index (χ0) is 12.3. The molecule has 0 aliphatic rings. The zero-order valence-corrected chi connectivity index (χ0v) is 9.36. The SMILES string of the molecule is Cc1cc(N)cc(C(=O)N(C)CC(N)=O)c1. The number of hydrogen-bond acceptors (Lipinski definition) is 3. The van der Waals surface area contributed by atoms with Crippen molar-refractivity contribution in [1.29, 1.82) is 0 Å². The Kier molecular flexibility index (Phi) is 3.50. The van der Waals surface area contributed by atoms with Crippen LogP contribution in [0.4, 0.5) is 5.69 Å². The first-order valence-corrected chi connectivity index (χ1v) is 4.81. The van der Waals surface area contributed by atoms with E-state index in [2.05, 4.69) is 0 Å². The summed E-state index contributed by atoms with van der Waals surface area (Å²) in [6.45, 7) is 1.74. The number of primary amides is 1. The van der Waals surface area contributed by atoms with E-state index in [1.807, 2.05) is 6.92 Å². The van der Waals surface area contributed by atoms with E-state index in [1.165, 1.54) is 11.9 Å². The fourth-order valence-electron chi connectivity index (χ4n) is 1.46. The average molecular weight is 221 g/mol. The van der Waals surface area contributed by atoms with Crippen LogP contribution in [0, 0.1) is 6.92 Å². The van der Waals surface area contributed by atoms with Gasteiger partial charge in [0.2, 0.25) is 5.91 Å². The first kappa shape index (κ1) is 12.0. The predicted molar refractivity (Wildman–Crippen MR) is 61.7 cm³/mol. The van der Waals surface area contributed by atoms with E-state index in [-0.39, 0.29) is 12.5 Å². The van der Waals surface area contributed by atoms with Gasteiger partial charge in [-0.15, -0.1) is 0 Å². The maximum Gasteiger partial charge on any atom is 0.254 e. The summed E-state index contributed by atoms with van der Waals surface area (Å²) in [5.41, 5.74) is 12.5. The van der Waals surface area contributed by atoms with Crippen molar-refractivity contribution in [2.45, 2.75) is 6.92 Å². The molecule has 0 aliphatic carbocycles. The Labute approximate surface area is 94.0 Å². The molecule has 4 N–H and O–H groups in total. The zero-order valence-electron chi connectivity index (χ0n) is 9.36. The molecule has 2 amide bonds. The van der Waals surface area contributed by atoms with Gasteiger partial charge >= 0.3 is 0 Å². The second kappa shape index (κ2) is 4.65. The van der Waals surface area contributed by atoms with E-state index in [0.29, 0.717) is 11.3 Å². The Morgan fingerprint density at radius 2 is 1.94 bits per heavy atom. The van der Waals surface area contributed by atoms with E-state index >= 15 is 0 Å². The molecule has 1 aromatic carbocycles. The highest BCUT2D eigenvalue weighted by Crippen LogP contribution is 2.12. The number of anilines is 1. The summed E-state index contributed by atoms with van der Waals surface area (Å²) in [6, 6.07) is 5.06. The summed E-state index contributed by atoms with van der Waals surface area (Å²) < 4.78 is 0. The van der Waals surface area contributed by atoms with Crippen LogP contribution >= 0.6 is 0 Å². The molecule has 86 valence electrons. The summed E-state index contributed by atoms with van der Waals surface area (Å²) in [6.07, 6.45) is 0. The molecule has 0 radical (unpaired) electrons. The van der Waals surface area contributed by atoms with Gasteiger partial charge < -0.3 is 16.4 Å². The van der Waals surface area contributed by atoms with Crippen molar-refractivity contribution < 1.29 is 9.59 Å². The standard InChI is InChI=1S/C11H15N3O2/c1-7-3-8(5-9(12)4-7)11(16)14(2)6-10(13)15/h3-5H,6,12H2,1-2H3,(H2,13,15). The molecule has 0 saturated heterocycles. The number of carbonyl (C=O) groups excluding carboxylic acids is 2. The fourth-order valence-corrected chi connectivity index (χ4v) is 1.46. The quantitative estimate of drug-likeness (QED) is 0.711. The van der Waals surface area contributed by atoms with Crippen molar-refractivity contribution in [2.24, 2.45) is 5.73 Å². The molecule has 0 fully saturated rings. The maximum absolute atomic E-state index is 11.8. The van der Waals surface area contributed by atoms with E-state index in [1.54, 1.807) is 18.2 Å². The lowest BCUT2D eigenvalue weighted by atomic mass is 10.1. The van der Waals surface area contributed by atoms with Gasteiger partial charge in [-0.3, -0.25) is 9.59 Å². The lowest BCUT2D eigenvalue weighted by Gasteiger charge is -2.15. The Morgan fingerprint density at radius 3 is 2.44 bits per heavy atom. The fraction of sp³-hybridized carbons (Fsp3) is 0.273. The first-order chi connectivity index (χ1) is 7.40. The van der Waals surface area contributed by atoms with Gasteiger partial charge in [0, 0.05) is 18.3 Å². The second-order valence-corrected chi connectivity index (χ2v) is 3.76. The third kappa shape index (κ3) is 2.98. The van der Waals surface area contributed by atoms with Crippen LogP contribution < -0.4 is 11.5 Å². The molecule has 0 aromatic heterocycles. The van der Waals surface area contributed by atoms with Crippen LogP contribution in [0.25, 0.3) is 0 Å². The third-order valence-corrected chi connectivity index (χ3v) is 2.09. The molecular weight excluding hydrogens is 206 g/mol. The normalized spacial score (nSPS) is 9.88. The largest absolute Gasteiger partial charge is 0.399 e. The minimum atomic E-state index is -0.545. The molecule has 0 bridgehead atoms. The van der Waals surface area contributed by atoms with Gasteiger partial charge in [-0.2, -0.15) is 0 Å². The smallest absolute Gasteiger partial charge is 0.254 e. The number of hydrogen-bond donors (Lipinski definition) is 2. The molecule has 16 heavy (non-hydrogen) atoms. The Hall–Kier alpha value is -2.04. The van der Waals surface area contributed by atoms with Crippen molar-refractivity contribution >= 4 is 17.5 Å². The molecule has 0 atom stereocenters. The molecular formula is C11H15N3O2. The van der Waals surface area contributed by atoms with Crippen molar-refractivity contribution in [3.05, 3.63) is 29.3 Å². The van der Waals surface area contributed by atoms with Gasteiger partial charge in [-0.1, -0.05) is 0 Å². The summed E-state index contributed by atoms with van der Waals surface area (Å²) in [5.74, 6) is -0.814. The number of amides is 2. The number of aryl methyl sites for hydroxylation is 1. The van der Waals surface area contributed by atoms with Crippen molar-refractivity contribution in [2.75, 3.05) is 19.3 Å². The molecule has 5 nitrogen and oxygen atoms in total. The van der Waals surface area contributed by atoms with Crippen LogP contribution in [-0.2, 0) is 4.79 Å². The number of nitrogens with zero attached hydrogens (tertiary/aromatic N) is 1. The predicted octanol–water partition coefficient (Wildman–Crippen LogP) is 0.135. The summed E-state index contributed by atoms with van der Waals surface area (Å²) in [7, 11) is 1.52. The van der Waals surface area contributed by atoms with Crippen LogP contribution in [-0.4, -0.2) is 30.3 Å². The number of nitrogens with two attached hydrogens (primary N) is 2. The van der Waals surface area contributed by atoms with Crippen LogP contribution in [0.5, 0.6) is 0 Å². The number of rotatable bonds is 3. The molecule has 0 aliphatic heterocycles. The topological polar surface area (TPSA) is 89.4 Å². The van der Waals surface area contributed by atoms with Crippen LogP contribution in [0.2, 0.25) is 0 Å². The highest BCUT2D eigenvalue weighted by atomic mass is 16.2. The van der Waals surface area contributed by atoms with Gasteiger partial charge in [0.15, 0.2) is 0 Å². The minimum Gasteiger partial charge on any atom is -0.399 e. The molecule has 0 heterocycles. The van der Waals surface area contributed by atoms with Crippen molar-refractivity contribution in [3.63, 3.8) is 0 Å². The van der Waals surface area contributed by atoms with E-state index < -0.39 is 5.91 Å².